The summed E-state index contributed by atoms with van der Waals surface area (Å²) < 4.78 is 0. The maximum Gasteiger partial charge on any atom is 0.307 e. The standard InChI is InChI=1S/C12H20N2O3/c1-7(12(16)17)8(2)14-5-3-4-9-10(14)6-13-11(9)15/h7-10H,3-6H2,1-2H3,(H,13,15)(H,16,17). The third-order valence-electron chi connectivity index (χ3n) is 4.28. The number of fused-ring (bicyclic) bond motifs is 1. The van der Waals surface area contributed by atoms with E-state index >= 15 is 0 Å². The van der Waals surface area contributed by atoms with Crippen molar-refractivity contribution in [2.24, 2.45) is 11.8 Å². The van der Waals surface area contributed by atoms with E-state index in [0.29, 0.717) is 6.54 Å². The number of nitrogens with zero attached hydrogens (tertiary/aromatic N) is 1. The summed E-state index contributed by atoms with van der Waals surface area (Å²) in [7, 11) is 0. The number of carbonyl (C=O) groups is 2. The highest BCUT2D eigenvalue weighted by Crippen LogP contribution is 2.30. The highest BCUT2D eigenvalue weighted by atomic mass is 16.4. The van der Waals surface area contributed by atoms with E-state index in [1.54, 1.807) is 6.92 Å². The second-order valence-corrected chi connectivity index (χ2v) is 5.17. The van der Waals surface area contributed by atoms with Crippen molar-refractivity contribution in [2.75, 3.05) is 13.1 Å². The van der Waals surface area contributed by atoms with Crippen molar-refractivity contribution in [3.05, 3.63) is 0 Å². The van der Waals surface area contributed by atoms with Crippen molar-refractivity contribution in [2.45, 2.75) is 38.8 Å². The molecule has 0 bridgehead atoms. The van der Waals surface area contributed by atoms with E-state index in [0.717, 1.165) is 19.4 Å². The zero-order chi connectivity index (χ0) is 12.6. The van der Waals surface area contributed by atoms with Crippen LogP contribution < -0.4 is 5.32 Å². The lowest BCUT2D eigenvalue weighted by Crippen LogP contribution is -2.52. The van der Waals surface area contributed by atoms with Gasteiger partial charge in [-0.1, -0.05) is 6.92 Å². The topological polar surface area (TPSA) is 69.6 Å². The number of carbonyl (C=O) groups excluding carboxylic acids is 1. The number of nitrogens with one attached hydrogen (secondary N) is 1. The van der Waals surface area contributed by atoms with Crippen LogP contribution in [0.15, 0.2) is 0 Å². The number of likely N-dealkylation sites (tertiary alicyclic amines) is 1. The first kappa shape index (κ1) is 12.4. The number of hydrogen-bond acceptors (Lipinski definition) is 3. The fourth-order valence-corrected chi connectivity index (χ4v) is 2.98. The molecule has 4 unspecified atom stereocenters. The maximum absolute atomic E-state index is 11.6. The Hall–Kier alpha value is -1.10. The molecule has 96 valence electrons. The predicted octanol–water partition coefficient (Wildman–Crippen LogP) is 0.306. The molecule has 0 saturated carbocycles. The van der Waals surface area contributed by atoms with E-state index in [1.165, 1.54) is 0 Å². The smallest absolute Gasteiger partial charge is 0.307 e. The summed E-state index contributed by atoms with van der Waals surface area (Å²) in [5.74, 6) is -0.969. The second kappa shape index (κ2) is 4.64. The predicted molar refractivity (Wildman–Crippen MR) is 62.5 cm³/mol. The Morgan fingerprint density at radius 2 is 2.24 bits per heavy atom. The minimum atomic E-state index is -0.767. The lowest BCUT2D eigenvalue weighted by Gasteiger charge is -2.41. The minimum absolute atomic E-state index is 0.0204. The molecule has 4 atom stereocenters. The summed E-state index contributed by atoms with van der Waals surface area (Å²) in [4.78, 5) is 24.9. The van der Waals surface area contributed by atoms with Crippen molar-refractivity contribution < 1.29 is 14.7 Å². The van der Waals surface area contributed by atoms with E-state index in [2.05, 4.69) is 10.2 Å². The fourth-order valence-electron chi connectivity index (χ4n) is 2.98. The molecule has 0 aromatic carbocycles. The van der Waals surface area contributed by atoms with E-state index in [9.17, 15) is 9.59 Å². The fraction of sp³-hybridized carbons (Fsp3) is 0.833. The van der Waals surface area contributed by atoms with Gasteiger partial charge in [-0.2, -0.15) is 0 Å². The first-order valence-electron chi connectivity index (χ1n) is 6.28. The van der Waals surface area contributed by atoms with Crippen LogP contribution in [0.1, 0.15) is 26.7 Å². The van der Waals surface area contributed by atoms with Gasteiger partial charge in [-0.3, -0.25) is 14.5 Å². The molecular formula is C12H20N2O3. The molecular weight excluding hydrogens is 220 g/mol. The number of aliphatic carboxylic acids is 1. The number of piperidine rings is 1. The summed E-state index contributed by atoms with van der Waals surface area (Å²) in [5.41, 5.74) is 0. The van der Waals surface area contributed by atoms with Gasteiger partial charge in [0.2, 0.25) is 5.91 Å². The number of amides is 1. The summed E-state index contributed by atoms with van der Waals surface area (Å²) >= 11 is 0. The molecule has 0 spiro atoms. The van der Waals surface area contributed by atoms with Crippen LogP contribution >= 0.6 is 0 Å². The highest BCUT2D eigenvalue weighted by molar-refractivity contribution is 5.82. The molecule has 0 aromatic heterocycles. The molecule has 0 aliphatic carbocycles. The number of hydrogen-bond donors (Lipinski definition) is 2. The average molecular weight is 240 g/mol. The summed E-state index contributed by atoms with van der Waals surface area (Å²) in [6.07, 6.45) is 1.91. The lowest BCUT2D eigenvalue weighted by atomic mass is 9.88. The van der Waals surface area contributed by atoms with Crippen LogP contribution in [-0.2, 0) is 9.59 Å². The minimum Gasteiger partial charge on any atom is -0.481 e. The molecule has 0 radical (unpaired) electrons. The zero-order valence-corrected chi connectivity index (χ0v) is 10.3. The lowest BCUT2D eigenvalue weighted by molar-refractivity contribution is -0.144. The van der Waals surface area contributed by atoms with Gasteiger partial charge in [-0.25, -0.2) is 0 Å². The number of carboxylic acid groups (broad SMARTS) is 1. The van der Waals surface area contributed by atoms with Gasteiger partial charge in [-0.15, -0.1) is 0 Å². The van der Waals surface area contributed by atoms with E-state index in [1.807, 2.05) is 6.92 Å². The monoisotopic (exact) mass is 240 g/mol. The number of carboxylic acids is 1. The molecule has 5 nitrogen and oxygen atoms in total. The van der Waals surface area contributed by atoms with Crippen LogP contribution in [0.25, 0.3) is 0 Å². The van der Waals surface area contributed by atoms with Gasteiger partial charge in [0, 0.05) is 18.6 Å². The molecule has 2 aliphatic rings. The Kier molecular flexibility index (Phi) is 3.38. The Balaban J connectivity index is 2.10. The highest BCUT2D eigenvalue weighted by Gasteiger charge is 2.43. The Labute approximate surface area is 101 Å². The average Bonchev–Trinajstić information content (AvgIpc) is 2.69. The molecule has 2 N–H and O–H groups in total. The third-order valence-corrected chi connectivity index (χ3v) is 4.28. The van der Waals surface area contributed by atoms with E-state index < -0.39 is 11.9 Å². The van der Waals surface area contributed by atoms with Crippen LogP contribution in [-0.4, -0.2) is 47.1 Å². The van der Waals surface area contributed by atoms with Crippen LogP contribution in [0.2, 0.25) is 0 Å². The molecule has 5 heteroatoms. The second-order valence-electron chi connectivity index (χ2n) is 5.17. The van der Waals surface area contributed by atoms with E-state index in [4.69, 9.17) is 5.11 Å². The summed E-state index contributed by atoms with van der Waals surface area (Å²) in [6, 6.07) is 0.168. The zero-order valence-electron chi connectivity index (χ0n) is 10.3. The van der Waals surface area contributed by atoms with Crippen molar-refractivity contribution in [1.29, 1.82) is 0 Å². The normalized spacial score (nSPS) is 32.7. The van der Waals surface area contributed by atoms with Crippen molar-refractivity contribution in [1.82, 2.24) is 10.2 Å². The van der Waals surface area contributed by atoms with E-state index in [-0.39, 0.29) is 23.9 Å². The SMILES string of the molecule is CC(C(=O)O)C(C)N1CCCC2C(=O)NCC21. The maximum atomic E-state index is 11.6. The molecule has 1 amide bonds. The molecule has 17 heavy (non-hydrogen) atoms. The van der Waals surface area contributed by atoms with Gasteiger partial charge in [0.25, 0.3) is 0 Å². The van der Waals surface area contributed by atoms with Crippen molar-refractivity contribution >= 4 is 11.9 Å². The molecule has 2 saturated heterocycles. The molecule has 2 heterocycles. The molecule has 2 fully saturated rings. The van der Waals surface area contributed by atoms with Gasteiger partial charge < -0.3 is 10.4 Å². The first-order chi connectivity index (χ1) is 8.02. The van der Waals surface area contributed by atoms with Crippen LogP contribution in [0.5, 0.6) is 0 Å². The molecule has 0 aromatic rings. The van der Waals surface area contributed by atoms with Gasteiger partial charge in [0.1, 0.15) is 0 Å². The molecule has 2 aliphatic heterocycles. The summed E-state index contributed by atoms with van der Waals surface area (Å²) in [6.45, 7) is 5.25. The Morgan fingerprint density at radius 3 is 2.88 bits per heavy atom. The Morgan fingerprint density at radius 1 is 1.53 bits per heavy atom. The van der Waals surface area contributed by atoms with Gasteiger partial charge >= 0.3 is 5.97 Å². The van der Waals surface area contributed by atoms with Gasteiger partial charge in [-0.05, 0) is 26.3 Å². The molecule has 2 rings (SSSR count). The van der Waals surface area contributed by atoms with Gasteiger partial charge in [0.05, 0.1) is 11.8 Å². The summed E-state index contributed by atoms with van der Waals surface area (Å²) in [5, 5.41) is 12.0. The van der Waals surface area contributed by atoms with Crippen LogP contribution in [0.3, 0.4) is 0 Å². The van der Waals surface area contributed by atoms with Gasteiger partial charge in [0.15, 0.2) is 0 Å². The third kappa shape index (κ3) is 2.16. The van der Waals surface area contributed by atoms with Crippen LogP contribution in [0.4, 0.5) is 0 Å². The largest absolute Gasteiger partial charge is 0.481 e. The number of rotatable bonds is 3. The van der Waals surface area contributed by atoms with Crippen molar-refractivity contribution in [3.63, 3.8) is 0 Å². The first-order valence-corrected chi connectivity index (χ1v) is 6.28. The quantitative estimate of drug-likeness (QED) is 0.744. The Bertz CT molecular complexity index is 332. The van der Waals surface area contributed by atoms with Crippen molar-refractivity contribution in [3.8, 4) is 0 Å². The van der Waals surface area contributed by atoms with Crippen LogP contribution in [0, 0.1) is 11.8 Å².